The number of rotatable bonds is 1. The fourth-order valence-electron chi connectivity index (χ4n) is 1.06. The summed E-state index contributed by atoms with van der Waals surface area (Å²) in [5, 5.41) is 4.75. The third-order valence-corrected chi connectivity index (χ3v) is 1.71. The first-order valence-corrected chi connectivity index (χ1v) is 3.65. The molecule has 5 heteroatoms. The van der Waals surface area contributed by atoms with Crippen LogP contribution in [0.3, 0.4) is 0 Å². The van der Waals surface area contributed by atoms with Gasteiger partial charge in [-0.25, -0.2) is 5.01 Å². The molecule has 0 aromatic carbocycles. The first-order valence-electron chi connectivity index (χ1n) is 3.65. The SMILES string of the molecule is CN1N=C(c2ccco2)C(=O)C1=O. The van der Waals surface area contributed by atoms with Crippen molar-refractivity contribution in [2.75, 3.05) is 7.05 Å². The molecule has 1 aliphatic heterocycles. The number of hydrazone groups is 1. The number of hydrogen-bond donors (Lipinski definition) is 0. The molecule has 1 aromatic rings. The van der Waals surface area contributed by atoms with Gasteiger partial charge in [-0.2, -0.15) is 5.10 Å². The molecule has 0 saturated carbocycles. The zero-order valence-corrected chi connectivity index (χ0v) is 6.85. The molecule has 0 saturated heterocycles. The van der Waals surface area contributed by atoms with Crippen LogP contribution in [0.5, 0.6) is 0 Å². The van der Waals surface area contributed by atoms with Gasteiger partial charge in [0.15, 0.2) is 11.5 Å². The summed E-state index contributed by atoms with van der Waals surface area (Å²) in [6.07, 6.45) is 1.42. The van der Waals surface area contributed by atoms with Crippen LogP contribution in [-0.4, -0.2) is 29.5 Å². The number of ketones is 1. The van der Waals surface area contributed by atoms with Crippen molar-refractivity contribution in [1.29, 1.82) is 0 Å². The van der Waals surface area contributed by atoms with Crippen LogP contribution in [0.4, 0.5) is 0 Å². The van der Waals surface area contributed by atoms with Crippen molar-refractivity contribution in [2.24, 2.45) is 5.10 Å². The van der Waals surface area contributed by atoms with Gasteiger partial charge in [-0.1, -0.05) is 0 Å². The minimum absolute atomic E-state index is 0.0671. The molecule has 2 heterocycles. The predicted octanol–water partition coefficient (Wildman–Crippen LogP) is 0.0248. The molecule has 0 atom stereocenters. The Hall–Kier alpha value is -1.91. The number of carbonyl (C=O) groups is 2. The topological polar surface area (TPSA) is 62.9 Å². The maximum Gasteiger partial charge on any atom is 0.316 e. The zero-order valence-electron chi connectivity index (χ0n) is 6.85. The van der Waals surface area contributed by atoms with Crippen molar-refractivity contribution in [2.45, 2.75) is 0 Å². The highest BCUT2D eigenvalue weighted by molar-refractivity contribution is 6.69. The number of hydrogen-bond acceptors (Lipinski definition) is 4. The second-order valence-corrected chi connectivity index (χ2v) is 2.58. The van der Waals surface area contributed by atoms with E-state index in [9.17, 15) is 9.59 Å². The van der Waals surface area contributed by atoms with Crippen LogP contribution < -0.4 is 0 Å². The predicted molar refractivity (Wildman–Crippen MR) is 43.0 cm³/mol. The monoisotopic (exact) mass is 178 g/mol. The van der Waals surface area contributed by atoms with Gasteiger partial charge in [0.1, 0.15) is 0 Å². The van der Waals surface area contributed by atoms with Crippen LogP contribution in [0, 0.1) is 0 Å². The van der Waals surface area contributed by atoms with Crippen molar-refractivity contribution in [1.82, 2.24) is 5.01 Å². The zero-order chi connectivity index (χ0) is 9.42. The van der Waals surface area contributed by atoms with E-state index in [1.165, 1.54) is 13.3 Å². The maximum atomic E-state index is 11.2. The van der Waals surface area contributed by atoms with Crippen LogP contribution in [0.1, 0.15) is 5.76 Å². The average molecular weight is 178 g/mol. The lowest BCUT2D eigenvalue weighted by Crippen LogP contribution is -2.24. The molecule has 0 spiro atoms. The number of furan rings is 1. The van der Waals surface area contributed by atoms with Crippen molar-refractivity contribution in [3.63, 3.8) is 0 Å². The summed E-state index contributed by atoms with van der Waals surface area (Å²) in [4.78, 5) is 22.3. The van der Waals surface area contributed by atoms with Crippen molar-refractivity contribution < 1.29 is 14.0 Å². The van der Waals surface area contributed by atoms with E-state index in [2.05, 4.69) is 5.10 Å². The molecular weight excluding hydrogens is 172 g/mol. The van der Waals surface area contributed by atoms with Crippen LogP contribution in [-0.2, 0) is 9.59 Å². The van der Waals surface area contributed by atoms with Crippen LogP contribution >= 0.6 is 0 Å². The normalized spacial score (nSPS) is 16.7. The highest BCUT2D eigenvalue weighted by atomic mass is 16.3. The summed E-state index contributed by atoms with van der Waals surface area (Å²) in [6, 6.07) is 3.22. The molecule has 0 N–H and O–H groups in total. The summed E-state index contributed by atoms with van der Waals surface area (Å²) in [5.41, 5.74) is 0.0671. The van der Waals surface area contributed by atoms with Gasteiger partial charge in [-0.05, 0) is 12.1 Å². The van der Waals surface area contributed by atoms with E-state index in [0.717, 1.165) is 5.01 Å². The Morgan fingerprint density at radius 3 is 2.69 bits per heavy atom. The molecule has 5 nitrogen and oxygen atoms in total. The van der Waals surface area contributed by atoms with E-state index in [1.807, 2.05) is 0 Å². The Morgan fingerprint density at radius 2 is 2.23 bits per heavy atom. The molecule has 2 rings (SSSR count). The molecule has 1 aliphatic rings. The molecule has 0 unspecified atom stereocenters. The quantitative estimate of drug-likeness (QED) is 0.569. The van der Waals surface area contributed by atoms with Gasteiger partial charge in [-0.3, -0.25) is 9.59 Å². The van der Waals surface area contributed by atoms with Gasteiger partial charge in [0.2, 0.25) is 0 Å². The van der Waals surface area contributed by atoms with E-state index in [4.69, 9.17) is 4.42 Å². The van der Waals surface area contributed by atoms with Crippen molar-refractivity contribution in [3.8, 4) is 0 Å². The third kappa shape index (κ3) is 1.05. The Labute approximate surface area is 73.6 Å². The molecule has 0 fully saturated rings. The third-order valence-electron chi connectivity index (χ3n) is 1.71. The fraction of sp³-hybridized carbons (Fsp3) is 0.125. The Bertz CT molecular complexity index is 392. The van der Waals surface area contributed by atoms with E-state index in [0.29, 0.717) is 5.76 Å². The summed E-state index contributed by atoms with van der Waals surface area (Å²) in [5.74, 6) is -0.938. The molecule has 66 valence electrons. The van der Waals surface area contributed by atoms with E-state index >= 15 is 0 Å². The fourth-order valence-corrected chi connectivity index (χ4v) is 1.06. The van der Waals surface area contributed by atoms with Gasteiger partial charge >= 0.3 is 5.91 Å². The molecule has 0 aliphatic carbocycles. The van der Waals surface area contributed by atoms with Gasteiger partial charge in [0, 0.05) is 7.05 Å². The molecule has 1 aromatic heterocycles. The summed E-state index contributed by atoms with van der Waals surface area (Å²) in [7, 11) is 1.43. The Balaban J connectivity index is 2.42. The van der Waals surface area contributed by atoms with E-state index in [1.54, 1.807) is 12.1 Å². The van der Waals surface area contributed by atoms with Gasteiger partial charge in [-0.15, -0.1) is 0 Å². The van der Waals surface area contributed by atoms with Gasteiger partial charge in [0.05, 0.1) is 6.26 Å². The molecular formula is C8H6N2O3. The largest absolute Gasteiger partial charge is 0.462 e. The first-order chi connectivity index (χ1) is 6.20. The summed E-state index contributed by atoms with van der Waals surface area (Å²) in [6.45, 7) is 0. The number of amides is 1. The number of Topliss-reactive ketones (excluding diaryl/α,β-unsaturated/α-hetero) is 1. The number of likely N-dealkylation sites (N-methyl/N-ethyl adjacent to an activating group) is 1. The number of carbonyl (C=O) groups excluding carboxylic acids is 2. The molecule has 0 bridgehead atoms. The van der Waals surface area contributed by atoms with Crippen molar-refractivity contribution in [3.05, 3.63) is 24.2 Å². The minimum atomic E-state index is -0.633. The lowest BCUT2D eigenvalue weighted by molar-refractivity contribution is -0.138. The highest BCUT2D eigenvalue weighted by Gasteiger charge is 2.33. The molecule has 13 heavy (non-hydrogen) atoms. The van der Waals surface area contributed by atoms with E-state index in [-0.39, 0.29) is 5.71 Å². The van der Waals surface area contributed by atoms with Gasteiger partial charge < -0.3 is 4.42 Å². The van der Waals surface area contributed by atoms with Crippen LogP contribution in [0.2, 0.25) is 0 Å². The minimum Gasteiger partial charge on any atom is -0.462 e. The highest BCUT2D eigenvalue weighted by Crippen LogP contribution is 2.10. The Morgan fingerprint density at radius 1 is 1.46 bits per heavy atom. The summed E-state index contributed by atoms with van der Waals surface area (Å²) >= 11 is 0. The smallest absolute Gasteiger partial charge is 0.316 e. The lowest BCUT2D eigenvalue weighted by Gasteiger charge is -1.97. The first kappa shape index (κ1) is 7.72. The maximum absolute atomic E-state index is 11.2. The van der Waals surface area contributed by atoms with Crippen molar-refractivity contribution >= 4 is 17.4 Å². The lowest BCUT2D eigenvalue weighted by atomic mass is 10.2. The second-order valence-electron chi connectivity index (χ2n) is 2.58. The molecule has 1 amide bonds. The Kier molecular flexibility index (Phi) is 1.51. The molecule has 0 radical (unpaired) electrons. The standard InChI is InChI=1S/C8H6N2O3/c1-10-8(12)7(11)6(9-10)5-3-2-4-13-5/h2-4H,1H3. The van der Waals surface area contributed by atoms with Gasteiger partial charge in [0.25, 0.3) is 5.78 Å². The van der Waals surface area contributed by atoms with Crippen LogP contribution in [0.15, 0.2) is 27.9 Å². The number of nitrogens with zero attached hydrogens (tertiary/aromatic N) is 2. The summed E-state index contributed by atoms with van der Waals surface area (Å²) < 4.78 is 4.95. The second kappa shape index (κ2) is 2.55. The van der Waals surface area contributed by atoms with Crippen LogP contribution in [0.25, 0.3) is 0 Å². The average Bonchev–Trinajstić information content (AvgIpc) is 2.70. The van der Waals surface area contributed by atoms with E-state index < -0.39 is 11.7 Å².